The topological polar surface area (TPSA) is 68.3 Å². The van der Waals surface area contributed by atoms with E-state index in [1.54, 1.807) is 24.5 Å². The summed E-state index contributed by atoms with van der Waals surface area (Å²) in [5.41, 5.74) is 6.29. The van der Waals surface area contributed by atoms with E-state index >= 15 is 0 Å². The van der Waals surface area contributed by atoms with Gasteiger partial charge in [0.05, 0.1) is 23.0 Å². The lowest BCUT2D eigenvalue weighted by molar-refractivity contribution is 0.100. The SMILES string of the molecule is CC(Nc1cc(C(N)=O)ccc1Cl)c1ccco1. The van der Waals surface area contributed by atoms with Crippen molar-refractivity contribution in [2.24, 2.45) is 5.73 Å². The molecule has 0 saturated heterocycles. The quantitative estimate of drug-likeness (QED) is 0.891. The first-order valence-electron chi connectivity index (χ1n) is 5.47. The van der Waals surface area contributed by atoms with Crippen LogP contribution in [0.25, 0.3) is 0 Å². The number of anilines is 1. The van der Waals surface area contributed by atoms with Gasteiger partial charge in [-0.1, -0.05) is 11.6 Å². The predicted octanol–water partition coefficient (Wildman–Crippen LogP) is 3.21. The largest absolute Gasteiger partial charge is 0.467 e. The Bertz CT molecular complexity index is 552. The fraction of sp³-hybridized carbons (Fsp3) is 0.154. The van der Waals surface area contributed by atoms with Gasteiger partial charge in [-0.3, -0.25) is 4.79 Å². The molecule has 3 N–H and O–H groups in total. The molecule has 1 unspecified atom stereocenters. The van der Waals surface area contributed by atoms with Gasteiger partial charge in [-0.25, -0.2) is 0 Å². The average molecular weight is 265 g/mol. The average Bonchev–Trinajstić information content (AvgIpc) is 2.85. The smallest absolute Gasteiger partial charge is 0.248 e. The van der Waals surface area contributed by atoms with E-state index in [1.807, 2.05) is 19.1 Å². The summed E-state index contributed by atoms with van der Waals surface area (Å²) in [6, 6.07) is 8.48. The standard InChI is InChI=1S/C13H13ClN2O2/c1-8(12-3-2-6-18-12)16-11-7-9(13(15)17)4-5-10(11)14/h2-8,16H,1H3,(H2,15,17). The molecule has 1 amide bonds. The van der Waals surface area contributed by atoms with E-state index in [1.165, 1.54) is 0 Å². The molecule has 1 atom stereocenters. The normalized spacial score (nSPS) is 12.1. The molecule has 1 aromatic heterocycles. The first kappa shape index (κ1) is 12.5. The molecule has 0 saturated carbocycles. The van der Waals surface area contributed by atoms with Crippen molar-refractivity contribution in [3.63, 3.8) is 0 Å². The maximum absolute atomic E-state index is 11.1. The zero-order valence-corrected chi connectivity index (χ0v) is 10.6. The summed E-state index contributed by atoms with van der Waals surface area (Å²) in [6.45, 7) is 1.94. The highest BCUT2D eigenvalue weighted by molar-refractivity contribution is 6.33. The molecule has 1 aromatic carbocycles. The second kappa shape index (κ2) is 5.14. The zero-order chi connectivity index (χ0) is 13.1. The summed E-state index contributed by atoms with van der Waals surface area (Å²) in [6.07, 6.45) is 1.61. The minimum atomic E-state index is -0.486. The van der Waals surface area contributed by atoms with Crippen LogP contribution in [-0.4, -0.2) is 5.91 Å². The summed E-state index contributed by atoms with van der Waals surface area (Å²) in [4.78, 5) is 11.1. The lowest BCUT2D eigenvalue weighted by atomic mass is 10.1. The van der Waals surface area contributed by atoms with Crippen molar-refractivity contribution in [3.8, 4) is 0 Å². The van der Waals surface area contributed by atoms with Gasteiger partial charge in [0.25, 0.3) is 0 Å². The van der Waals surface area contributed by atoms with Crippen LogP contribution >= 0.6 is 11.6 Å². The molecule has 0 bridgehead atoms. The molecule has 5 heteroatoms. The number of carbonyl (C=O) groups excluding carboxylic acids is 1. The van der Waals surface area contributed by atoms with Gasteiger partial charge in [-0.2, -0.15) is 0 Å². The van der Waals surface area contributed by atoms with Gasteiger partial charge >= 0.3 is 0 Å². The van der Waals surface area contributed by atoms with Crippen molar-refractivity contribution < 1.29 is 9.21 Å². The Morgan fingerprint density at radius 3 is 2.83 bits per heavy atom. The van der Waals surface area contributed by atoms with E-state index in [4.69, 9.17) is 21.8 Å². The Labute approximate surface area is 110 Å². The summed E-state index contributed by atoms with van der Waals surface area (Å²) in [5, 5.41) is 3.70. The highest BCUT2D eigenvalue weighted by Crippen LogP contribution is 2.27. The first-order chi connectivity index (χ1) is 8.58. The van der Waals surface area contributed by atoms with Gasteiger partial charge in [0.1, 0.15) is 5.76 Å². The van der Waals surface area contributed by atoms with E-state index < -0.39 is 5.91 Å². The Morgan fingerprint density at radius 1 is 1.44 bits per heavy atom. The van der Waals surface area contributed by atoms with Crippen LogP contribution in [-0.2, 0) is 0 Å². The van der Waals surface area contributed by atoms with Crippen molar-refractivity contribution in [2.75, 3.05) is 5.32 Å². The Kier molecular flexibility index (Phi) is 3.58. The van der Waals surface area contributed by atoms with E-state index in [-0.39, 0.29) is 6.04 Å². The molecule has 0 aliphatic carbocycles. The number of carbonyl (C=O) groups is 1. The molecule has 0 radical (unpaired) electrons. The van der Waals surface area contributed by atoms with E-state index in [2.05, 4.69) is 5.32 Å². The van der Waals surface area contributed by atoms with Crippen LogP contribution in [0.1, 0.15) is 29.1 Å². The molecule has 0 fully saturated rings. The zero-order valence-electron chi connectivity index (χ0n) is 9.81. The number of hydrogen-bond acceptors (Lipinski definition) is 3. The lowest BCUT2D eigenvalue weighted by Gasteiger charge is -2.14. The third-order valence-electron chi connectivity index (χ3n) is 2.59. The molecule has 1 heterocycles. The van der Waals surface area contributed by atoms with Crippen molar-refractivity contribution >= 4 is 23.2 Å². The number of halogens is 1. The van der Waals surface area contributed by atoms with Crippen LogP contribution in [0.4, 0.5) is 5.69 Å². The summed E-state index contributed by atoms with van der Waals surface area (Å²) in [5.74, 6) is 0.302. The summed E-state index contributed by atoms with van der Waals surface area (Å²) in [7, 11) is 0. The molecule has 0 aliphatic rings. The van der Waals surface area contributed by atoms with Crippen LogP contribution < -0.4 is 11.1 Å². The molecule has 0 aliphatic heterocycles. The van der Waals surface area contributed by atoms with Gasteiger partial charge in [-0.15, -0.1) is 0 Å². The van der Waals surface area contributed by atoms with Crippen LogP contribution in [0.15, 0.2) is 41.0 Å². The number of nitrogens with one attached hydrogen (secondary N) is 1. The number of primary amides is 1. The van der Waals surface area contributed by atoms with Crippen LogP contribution in [0.5, 0.6) is 0 Å². The van der Waals surface area contributed by atoms with E-state index in [0.717, 1.165) is 5.76 Å². The Morgan fingerprint density at radius 2 is 2.22 bits per heavy atom. The molecular formula is C13H13ClN2O2. The van der Waals surface area contributed by atoms with Crippen molar-refractivity contribution in [1.29, 1.82) is 0 Å². The van der Waals surface area contributed by atoms with Crippen molar-refractivity contribution in [3.05, 3.63) is 52.9 Å². The predicted molar refractivity (Wildman–Crippen MR) is 70.7 cm³/mol. The second-order valence-electron chi connectivity index (χ2n) is 3.94. The molecule has 18 heavy (non-hydrogen) atoms. The summed E-state index contributed by atoms with van der Waals surface area (Å²) >= 11 is 6.06. The third kappa shape index (κ3) is 2.65. The first-order valence-corrected chi connectivity index (χ1v) is 5.85. The minimum absolute atomic E-state index is 0.0550. The van der Waals surface area contributed by atoms with Gasteiger partial charge in [-0.05, 0) is 37.3 Å². The highest BCUT2D eigenvalue weighted by Gasteiger charge is 2.11. The summed E-state index contributed by atoms with van der Waals surface area (Å²) < 4.78 is 5.29. The van der Waals surface area contributed by atoms with Gasteiger partial charge in [0, 0.05) is 5.56 Å². The third-order valence-corrected chi connectivity index (χ3v) is 2.92. The number of benzene rings is 1. The molecule has 0 spiro atoms. The molecule has 4 nitrogen and oxygen atoms in total. The number of furan rings is 1. The number of hydrogen-bond donors (Lipinski definition) is 2. The maximum Gasteiger partial charge on any atom is 0.248 e. The van der Waals surface area contributed by atoms with E-state index in [0.29, 0.717) is 16.3 Å². The second-order valence-corrected chi connectivity index (χ2v) is 4.35. The fourth-order valence-electron chi connectivity index (χ4n) is 1.63. The molecule has 2 aromatic rings. The highest BCUT2D eigenvalue weighted by atomic mass is 35.5. The number of amides is 1. The Hall–Kier alpha value is -1.94. The van der Waals surface area contributed by atoms with Gasteiger partial charge < -0.3 is 15.5 Å². The monoisotopic (exact) mass is 264 g/mol. The molecule has 2 rings (SSSR count). The van der Waals surface area contributed by atoms with Gasteiger partial charge in [0.2, 0.25) is 5.91 Å². The molecule has 94 valence electrons. The lowest BCUT2D eigenvalue weighted by Crippen LogP contribution is -2.12. The maximum atomic E-state index is 11.1. The van der Waals surface area contributed by atoms with Crippen LogP contribution in [0, 0.1) is 0 Å². The fourth-order valence-corrected chi connectivity index (χ4v) is 1.80. The van der Waals surface area contributed by atoms with Crippen molar-refractivity contribution in [1.82, 2.24) is 0 Å². The van der Waals surface area contributed by atoms with Crippen LogP contribution in [0.2, 0.25) is 5.02 Å². The van der Waals surface area contributed by atoms with Gasteiger partial charge in [0.15, 0.2) is 0 Å². The number of rotatable bonds is 4. The number of nitrogens with two attached hydrogens (primary N) is 1. The minimum Gasteiger partial charge on any atom is -0.467 e. The van der Waals surface area contributed by atoms with Crippen LogP contribution in [0.3, 0.4) is 0 Å². The van der Waals surface area contributed by atoms with E-state index in [9.17, 15) is 4.79 Å². The Balaban J connectivity index is 2.23. The van der Waals surface area contributed by atoms with Crippen molar-refractivity contribution in [2.45, 2.75) is 13.0 Å². The molecular weight excluding hydrogens is 252 g/mol.